The van der Waals surface area contributed by atoms with Gasteiger partial charge in [-0.3, -0.25) is 4.90 Å². The summed E-state index contributed by atoms with van der Waals surface area (Å²) in [7, 11) is 3.91. The zero-order valence-corrected chi connectivity index (χ0v) is 12.9. The van der Waals surface area contributed by atoms with Gasteiger partial charge >= 0.3 is 0 Å². The van der Waals surface area contributed by atoms with Crippen LogP contribution in [0.15, 0.2) is 18.2 Å². The van der Waals surface area contributed by atoms with Crippen molar-refractivity contribution in [3.8, 4) is 5.75 Å². The monoisotopic (exact) mass is 277 g/mol. The Hall–Kier alpha value is -1.10. The van der Waals surface area contributed by atoms with E-state index >= 15 is 0 Å². The normalized spacial score (nSPS) is 19.6. The van der Waals surface area contributed by atoms with Gasteiger partial charge in [-0.05, 0) is 44.1 Å². The standard InChI is InChI=1S/C16H27N3O/c1-13-11-14(5-6-16(13)20-3)15(12-17)19-8-4-7-18(2)9-10-19/h5-6,11,15H,4,7-10,12,17H2,1-3H3. The minimum atomic E-state index is 0.311. The fourth-order valence-electron chi connectivity index (χ4n) is 2.98. The molecular weight excluding hydrogens is 250 g/mol. The van der Waals surface area contributed by atoms with E-state index in [1.165, 1.54) is 24.1 Å². The number of rotatable bonds is 4. The van der Waals surface area contributed by atoms with Crippen LogP contribution in [0, 0.1) is 6.92 Å². The van der Waals surface area contributed by atoms with Gasteiger partial charge < -0.3 is 15.4 Å². The highest BCUT2D eigenvalue weighted by molar-refractivity contribution is 5.37. The van der Waals surface area contributed by atoms with E-state index in [1.807, 2.05) is 0 Å². The van der Waals surface area contributed by atoms with E-state index in [9.17, 15) is 0 Å². The molecule has 2 N–H and O–H groups in total. The van der Waals surface area contributed by atoms with Crippen molar-refractivity contribution in [3.05, 3.63) is 29.3 Å². The molecule has 1 atom stereocenters. The van der Waals surface area contributed by atoms with E-state index in [0.29, 0.717) is 12.6 Å². The highest BCUT2D eigenvalue weighted by atomic mass is 16.5. The molecule has 1 aromatic rings. The van der Waals surface area contributed by atoms with Crippen LogP contribution in [0.25, 0.3) is 0 Å². The smallest absolute Gasteiger partial charge is 0.121 e. The molecule has 1 saturated heterocycles. The van der Waals surface area contributed by atoms with E-state index < -0.39 is 0 Å². The Bertz CT molecular complexity index is 436. The van der Waals surface area contributed by atoms with Crippen LogP contribution < -0.4 is 10.5 Å². The SMILES string of the molecule is COc1ccc(C(CN)N2CCCN(C)CC2)cc1C. The lowest BCUT2D eigenvalue weighted by Crippen LogP contribution is -2.36. The van der Waals surface area contributed by atoms with Crippen LogP contribution in [0.5, 0.6) is 5.75 Å². The highest BCUT2D eigenvalue weighted by Gasteiger charge is 2.21. The van der Waals surface area contributed by atoms with Crippen LogP contribution >= 0.6 is 0 Å². The summed E-state index contributed by atoms with van der Waals surface area (Å²) in [4.78, 5) is 4.91. The molecule has 1 aliphatic heterocycles. The molecule has 0 aromatic heterocycles. The molecule has 0 bridgehead atoms. The van der Waals surface area contributed by atoms with Crippen LogP contribution in [-0.2, 0) is 0 Å². The summed E-state index contributed by atoms with van der Waals surface area (Å²) in [5.74, 6) is 0.945. The van der Waals surface area contributed by atoms with E-state index in [1.54, 1.807) is 7.11 Å². The molecular formula is C16H27N3O. The topological polar surface area (TPSA) is 41.7 Å². The molecule has 0 aliphatic carbocycles. The number of hydrogen-bond acceptors (Lipinski definition) is 4. The van der Waals surface area contributed by atoms with Crippen molar-refractivity contribution >= 4 is 0 Å². The first-order valence-corrected chi connectivity index (χ1v) is 7.43. The minimum Gasteiger partial charge on any atom is -0.496 e. The lowest BCUT2D eigenvalue weighted by Gasteiger charge is -2.30. The molecule has 112 valence electrons. The van der Waals surface area contributed by atoms with Gasteiger partial charge in [0.05, 0.1) is 7.11 Å². The van der Waals surface area contributed by atoms with Gasteiger partial charge in [-0.1, -0.05) is 12.1 Å². The van der Waals surface area contributed by atoms with Crippen LogP contribution in [-0.4, -0.2) is 56.7 Å². The molecule has 2 rings (SSSR count). The van der Waals surface area contributed by atoms with Crippen molar-refractivity contribution in [2.45, 2.75) is 19.4 Å². The number of hydrogen-bond donors (Lipinski definition) is 1. The van der Waals surface area contributed by atoms with Crippen LogP contribution in [0.3, 0.4) is 0 Å². The predicted octanol–water partition coefficient (Wildman–Crippen LogP) is 1.64. The van der Waals surface area contributed by atoms with Gasteiger partial charge in [0, 0.05) is 32.2 Å². The average Bonchev–Trinajstić information content (AvgIpc) is 2.65. The first kappa shape index (κ1) is 15.3. The van der Waals surface area contributed by atoms with Crippen LogP contribution in [0.1, 0.15) is 23.6 Å². The fourth-order valence-corrected chi connectivity index (χ4v) is 2.98. The zero-order chi connectivity index (χ0) is 14.5. The number of benzene rings is 1. The Morgan fingerprint density at radius 2 is 2.05 bits per heavy atom. The molecule has 0 radical (unpaired) electrons. The summed E-state index contributed by atoms with van der Waals surface area (Å²) in [6, 6.07) is 6.73. The first-order chi connectivity index (χ1) is 9.65. The number of likely N-dealkylation sites (N-methyl/N-ethyl adjacent to an activating group) is 1. The van der Waals surface area contributed by atoms with Crippen molar-refractivity contribution in [3.63, 3.8) is 0 Å². The summed E-state index contributed by atoms with van der Waals surface area (Å²) in [6.07, 6.45) is 1.21. The third-order valence-corrected chi connectivity index (χ3v) is 4.22. The maximum absolute atomic E-state index is 6.06. The van der Waals surface area contributed by atoms with Gasteiger partial charge in [0.2, 0.25) is 0 Å². The quantitative estimate of drug-likeness (QED) is 0.908. The third-order valence-electron chi connectivity index (χ3n) is 4.22. The van der Waals surface area contributed by atoms with E-state index in [0.717, 1.165) is 25.4 Å². The molecule has 4 nitrogen and oxygen atoms in total. The van der Waals surface area contributed by atoms with Gasteiger partial charge in [0.15, 0.2) is 0 Å². The van der Waals surface area contributed by atoms with Crippen LogP contribution in [0.4, 0.5) is 0 Å². The third kappa shape index (κ3) is 3.51. The number of nitrogens with zero attached hydrogens (tertiary/aromatic N) is 2. The minimum absolute atomic E-state index is 0.311. The van der Waals surface area contributed by atoms with E-state index in [-0.39, 0.29) is 0 Å². The largest absolute Gasteiger partial charge is 0.496 e. The van der Waals surface area contributed by atoms with Gasteiger partial charge in [-0.2, -0.15) is 0 Å². The van der Waals surface area contributed by atoms with Gasteiger partial charge in [-0.15, -0.1) is 0 Å². The lowest BCUT2D eigenvalue weighted by atomic mass is 10.0. The second kappa shape index (κ2) is 7.07. The zero-order valence-electron chi connectivity index (χ0n) is 12.9. The van der Waals surface area contributed by atoms with Crippen molar-refractivity contribution < 1.29 is 4.74 Å². The Balaban J connectivity index is 2.16. The Morgan fingerprint density at radius 3 is 2.70 bits per heavy atom. The molecule has 0 spiro atoms. The van der Waals surface area contributed by atoms with Crippen molar-refractivity contribution in [1.29, 1.82) is 0 Å². The molecule has 0 amide bonds. The van der Waals surface area contributed by atoms with E-state index in [2.05, 4.69) is 42.0 Å². The van der Waals surface area contributed by atoms with E-state index in [4.69, 9.17) is 10.5 Å². The first-order valence-electron chi connectivity index (χ1n) is 7.43. The lowest BCUT2D eigenvalue weighted by molar-refractivity contribution is 0.208. The number of aryl methyl sites for hydroxylation is 1. The van der Waals surface area contributed by atoms with Crippen LogP contribution in [0.2, 0.25) is 0 Å². The summed E-state index contributed by atoms with van der Waals surface area (Å²) < 4.78 is 5.34. The maximum Gasteiger partial charge on any atom is 0.121 e. The Morgan fingerprint density at radius 1 is 1.25 bits per heavy atom. The maximum atomic E-state index is 6.06. The summed E-state index contributed by atoms with van der Waals surface area (Å²) in [5.41, 5.74) is 8.53. The Labute approximate surface area is 122 Å². The van der Waals surface area contributed by atoms with Gasteiger partial charge in [-0.25, -0.2) is 0 Å². The van der Waals surface area contributed by atoms with Crippen molar-refractivity contribution in [2.75, 3.05) is 46.9 Å². The molecule has 1 heterocycles. The molecule has 0 saturated carbocycles. The van der Waals surface area contributed by atoms with Gasteiger partial charge in [0.25, 0.3) is 0 Å². The fraction of sp³-hybridized carbons (Fsp3) is 0.625. The van der Waals surface area contributed by atoms with Crippen molar-refractivity contribution in [2.24, 2.45) is 5.73 Å². The Kier molecular flexibility index (Phi) is 5.40. The number of ether oxygens (including phenoxy) is 1. The molecule has 1 fully saturated rings. The average molecular weight is 277 g/mol. The molecule has 4 heteroatoms. The second-order valence-electron chi connectivity index (χ2n) is 5.67. The molecule has 1 unspecified atom stereocenters. The number of nitrogens with two attached hydrogens (primary N) is 1. The molecule has 1 aromatic carbocycles. The van der Waals surface area contributed by atoms with Gasteiger partial charge in [0.1, 0.15) is 5.75 Å². The highest BCUT2D eigenvalue weighted by Crippen LogP contribution is 2.26. The predicted molar refractivity (Wildman–Crippen MR) is 83.2 cm³/mol. The molecule has 1 aliphatic rings. The van der Waals surface area contributed by atoms with Crippen molar-refractivity contribution in [1.82, 2.24) is 9.80 Å². The molecule has 20 heavy (non-hydrogen) atoms. The second-order valence-corrected chi connectivity index (χ2v) is 5.67. The number of methoxy groups -OCH3 is 1. The summed E-state index contributed by atoms with van der Waals surface area (Å²) in [5, 5.41) is 0. The summed E-state index contributed by atoms with van der Waals surface area (Å²) in [6.45, 7) is 7.25. The summed E-state index contributed by atoms with van der Waals surface area (Å²) >= 11 is 0.